The molecule has 7 heteroatoms. The van der Waals surface area contributed by atoms with E-state index in [0.29, 0.717) is 0 Å². The van der Waals surface area contributed by atoms with Gasteiger partial charge in [0.05, 0.1) is 7.11 Å². The molecular formula is C10H10F4O3. The van der Waals surface area contributed by atoms with Crippen LogP contribution in [0.3, 0.4) is 0 Å². The molecule has 0 spiro atoms. The maximum Gasteiger partial charge on any atom is 0.387 e. The van der Waals surface area contributed by atoms with Crippen LogP contribution in [0.1, 0.15) is 11.7 Å². The maximum atomic E-state index is 12.2. The zero-order valence-electron chi connectivity index (χ0n) is 8.74. The third-order valence-corrected chi connectivity index (χ3v) is 1.98. The molecule has 3 nitrogen and oxygen atoms in total. The lowest BCUT2D eigenvalue weighted by Gasteiger charge is -2.14. The second-order valence-electron chi connectivity index (χ2n) is 3.07. The van der Waals surface area contributed by atoms with Crippen LogP contribution in [-0.4, -0.2) is 25.3 Å². The Balaban J connectivity index is 3.03. The molecule has 96 valence electrons. The quantitative estimate of drug-likeness (QED) is 0.821. The smallest absolute Gasteiger partial charge is 0.387 e. The highest BCUT2D eigenvalue weighted by molar-refractivity contribution is 5.43. The average molecular weight is 254 g/mol. The molecule has 0 aromatic heterocycles. The van der Waals surface area contributed by atoms with Crippen LogP contribution < -0.4 is 9.47 Å². The molecule has 0 heterocycles. The zero-order valence-corrected chi connectivity index (χ0v) is 8.74. The van der Waals surface area contributed by atoms with Gasteiger partial charge in [-0.3, -0.25) is 0 Å². The van der Waals surface area contributed by atoms with Gasteiger partial charge in [-0.2, -0.15) is 8.78 Å². The Morgan fingerprint density at radius 2 is 1.76 bits per heavy atom. The molecule has 0 fully saturated rings. The van der Waals surface area contributed by atoms with Gasteiger partial charge in [0.2, 0.25) is 0 Å². The molecule has 0 saturated carbocycles. The SMILES string of the molecule is COc1ccc(C(O)C(F)F)cc1OC(F)F. The minimum atomic E-state index is -3.11. The summed E-state index contributed by atoms with van der Waals surface area (Å²) < 4.78 is 57.3. The van der Waals surface area contributed by atoms with Crippen molar-refractivity contribution in [2.45, 2.75) is 19.1 Å². The van der Waals surface area contributed by atoms with Crippen LogP contribution in [-0.2, 0) is 0 Å². The van der Waals surface area contributed by atoms with E-state index in [-0.39, 0.29) is 11.3 Å². The second kappa shape index (κ2) is 5.72. The van der Waals surface area contributed by atoms with Gasteiger partial charge in [0.15, 0.2) is 11.5 Å². The number of ether oxygens (including phenoxy) is 2. The van der Waals surface area contributed by atoms with Gasteiger partial charge >= 0.3 is 6.61 Å². The molecule has 0 aliphatic heterocycles. The summed E-state index contributed by atoms with van der Waals surface area (Å²) in [4.78, 5) is 0. The van der Waals surface area contributed by atoms with Crippen molar-refractivity contribution >= 4 is 0 Å². The standard InChI is InChI=1S/C10H10F4O3/c1-16-6-3-2-5(8(15)9(11)12)4-7(6)17-10(13)14/h2-4,8-10,15H,1H3. The first-order valence-corrected chi connectivity index (χ1v) is 4.54. The van der Waals surface area contributed by atoms with E-state index >= 15 is 0 Å². The van der Waals surface area contributed by atoms with Crippen LogP contribution in [0.25, 0.3) is 0 Å². The number of aliphatic hydroxyl groups is 1. The molecular weight excluding hydrogens is 244 g/mol. The van der Waals surface area contributed by atoms with E-state index < -0.39 is 24.9 Å². The molecule has 17 heavy (non-hydrogen) atoms. The topological polar surface area (TPSA) is 38.7 Å². The van der Waals surface area contributed by atoms with E-state index in [1.54, 1.807) is 0 Å². The van der Waals surface area contributed by atoms with Crippen LogP contribution in [0.5, 0.6) is 11.5 Å². The van der Waals surface area contributed by atoms with Gasteiger partial charge in [0.25, 0.3) is 6.43 Å². The summed E-state index contributed by atoms with van der Waals surface area (Å²) in [6.45, 7) is -3.11. The van der Waals surface area contributed by atoms with Crippen LogP contribution in [0, 0.1) is 0 Å². The van der Waals surface area contributed by atoms with Crippen molar-refractivity contribution in [3.63, 3.8) is 0 Å². The van der Waals surface area contributed by atoms with Crippen molar-refractivity contribution in [1.29, 1.82) is 0 Å². The monoisotopic (exact) mass is 254 g/mol. The summed E-state index contributed by atoms with van der Waals surface area (Å²) in [6, 6.07) is 3.20. The first-order valence-electron chi connectivity index (χ1n) is 4.54. The fourth-order valence-electron chi connectivity index (χ4n) is 1.21. The van der Waals surface area contributed by atoms with Gasteiger partial charge in [0.1, 0.15) is 6.10 Å². The number of halogens is 4. The molecule has 0 radical (unpaired) electrons. The van der Waals surface area contributed by atoms with E-state index in [4.69, 9.17) is 9.84 Å². The second-order valence-corrected chi connectivity index (χ2v) is 3.07. The fraction of sp³-hybridized carbons (Fsp3) is 0.400. The number of methoxy groups -OCH3 is 1. The Labute approximate surface area is 94.6 Å². The molecule has 1 rings (SSSR count). The van der Waals surface area contributed by atoms with E-state index in [0.717, 1.165) is 12.1 Å². The first-order chi connectivity index (χ1) is 7.95. The first kappa shape index (κ1) is 13.6. The summed E-state index contributed by atoms with van der Waals surface area (Å²) in [6.07, 6.45) is -5.07. The molecule has 1 N–H and O–H groups in total. The number of rotatable bonds is 5. The molecule has 0 amide bonds. The number of hydrogen-bond donors (Lipinski definition) is 1. The molecule has 1 aromatic rings. The Kier molecular flexibility index (Phi) is 4.56. The number of benzene rings is 1. The molecule has 0 aliphatic carbocycles. The van der Waals surface area contributed by atoms with Crippen LogP contribution >= 0.6 is 0 Å². The molecule has 1 unspecified atom stereocenters. The largest absolute Gasteiger partial charge is 0.493 e. The fourth-order valence-corrected chi connectivity index (χ4v) is 1.21. The molecule has 0 bridgehead atoms. The Bertz CT molecular complexity index is 371. The highest BCUT2D eigenvalue weighted by atomic mass is 19.3. The van der Waals surface area contributed by atoms with Crippen LogP contribution in [0.2, 0.25) is 0 Å². The van der Waals surface area contributed by atoms with Gasteiger partial charge in [-0.15, -0.1) is 0 Å². The Morgan fingerprint density at radius 1 is 1.12 bits per heavy atom. The normalized spacial score (nSPS) is 12.9. The third-order valence-electron chi connectivity index (χ3n) is 1.98. The van der Waals surface area contributed by atoms with Crippen LogP contribution in [0.15, 0.2) is 18.2 Å². The Morgan fingerprint density at radius 3 is 2.24 bits per heavy atom. The zero-order chi connectivity index (χ0) is 13.0. The summed E-state index contributed by atoms with van der Waals surface area (Å²) in [5.41, 5.74) is -0.226. The van der Waals surface area contributed by atoms with Gasteiger partial charge in [-0.1, -0.05) is 6.07 Å². The third kappa shape index (κ3) is 3.48. The average Bonchev–Trinajstić information content (AvgIpc) is 2.27. The van der Waals surface area contributed by atoms with Crippen molar-refractivity contribution < 1.29 is 32.1 Å². The minimum absolute atomic E-state index is 0.0319. The van der Waals surface area contributed by atoms with Gasteiger partial charge < -0.3 is 14.6 Å². The van der Waals surface area contributed by atoms with Crippen molar-refractivity contribution in [3.05, 3.63) is 23.8 Å². The highest BCUT2D eigenvalue weighted by Crippen LogP contribution is 2.32. The van der Waals surface area contributed by atoms with E-state index in [1.807, 2.05) is 0 Å². The van der Waals surface area contributed by atoms with Gasteiger partial charge in [-0.25, -0.2) is 8.78 Å². The lowest BCUT2D eigenvalue weighted by atomic mass is 10.1. The summed E-state index contributed by atoms with van der Waals surface area (Å²) in [5, 5.41) is 9.09. The van der Waals surface area contributed by atoms with Crippen LogP contribution in [0.4, 0.5) is 17.6 Å². The number of hydrogen-bond acceptors (Lipinski definition) is 3. The lowest BCUT2D eigenvalue weighted by Crippen LogP contribution is -2.09. The highest BCUT2D eigenvalue weighted by Gasteiger charge is 2.21. The van der Waals surface area contributed by atoms with Crippen molar-refractivity contribution in [3.8, 4) is 11.5 Å². The van der Waals surface area contributed by atoms with Crippen molar-refractivity contribution in [2.75, 3.05) is 7.11 Å². The lowest BCUT2D eigenvalue weighted by molar-refractivity contribution is -0.0516. The summed E-state index contributed by atoms with van der Waals surface area (Å²) in [7, 11) is 1.22. The number of alkyl halides is 4. The summed E-state index contributed by atoms with van der Waals surface area (Å²) in [5.74, 6) is -0.435. The van der Waals surface area contributed by atoms with Crippen molar-refractivity contribution in [2.24, 2.45) is 0 Å². The number of aliphatic hydroxyl groups excluding tert-OH is 1. The predicted octanol–water partition coefficient (Wildman–Crippen LogP) is 2.60. The minimum Gasteiger partial charge on any atom is -0.493 e. The predicted molar refractivity (Wildman–Crippen MR) is 50.6 cm³/mol. The van der Waals surface area contributed by atoms with Gasteiger partial charge in [-0.05, 0) is 17.7 Å². The summed E-state index contributed by atoms with van der Waals surface area (Å²) >= 11 is 0. The molecule has 1 aromatic carbocycles. The molecule has 0 saturated heterocycles. The van der Waals surface area contributed by atoms with Gasteiger partial charge in [0, 0.05) is 0 Å². The molecule has 1 atom stereocenters. The maximum absolute atomic E-state index is 12.2. The van der Waals surface area contributed by atoms with Crippen molar-refractivity contribution in [1.82, 2.24) is 0 Å². The van der Waals surface area contributed by atoms with E-state index in [9.17, 15) is 17.6 Å². The van der Waals surface area contributed by atoms with E-state index in [1.165, 1.54) is 13.2 Å². The molecule has 0 aliphatic rings. The van der Waals surface area contributed by atoms with E-state index in [2.05, 4.69) is 4.74 Å². The Hall–Kier alpha value is -1.50.